The minimum Gasteiger partial charge on any atom is -0.355 e. The molecule has 0 saturated carbocycles. The zero-order chi connectivity index (χ0) is 13.0. The second-order valence-corrected chi connectivity index (χ2v) is 4.68. The highest BCUT2D eigenvalue weighted by Gasteiger charge is 2.06. The number of benzene rings is 1. The third-order valence-corrected chi connectivity index (χ3v) is 3.13. The van der Waals surface area contributed by atoms with E-state index < -0.39 is 0 Å². The highest BCUT2D eigenvalue weighted by atomic mass is 19.1. The van der Waals surface area contributed by atoms with Crippen molar-refractivity contribution in [3.8, 4) is 0 Å². The summed E-state index contributed by atoms with van der Waals surface area (Å²) in [6.07, 6.45) is 6.74. The van der Waals surface area contributed by atoms with Gasteiger partial charge in [0.15, 0.2) is 0 Å². The number of halogens is 1. The normalized spacial score (nSPS) is 12.3. The fraction of sp³-hybridized carbons (Fsp3) is 0.375. The first kappa shape index (κ1) is 12.9. The van der Waals surface area contributed by atoms with Gasteiger partial charge in [-0.1, -0.05) is 32.8 Å². The molecule has 2 aromatic rings. The van der Waals surface area contributed by atoms with Crippen molar-refractivity contribution >= 4 is 16.5 Å². The van der Waals surface area contributed by atoms with Crippen LogP contribution in [0.1, 0.15) is 45.2 Å². The van der Waals surface area contributed by atoms with E-state index in [2.05, 4.69) is 31.0 Å². The predicted octanol–water partition coefficient (Wildman–Crippen LogP) is 5.29. The van der Waals surface area contributed by atoms with E-state index in [0.29, 0.717) is 0 Å². The molecule has 0 aliphatic rings. The summed E-state index contributed by atoms with van der Waals surface area (Å²) in [6, 6.07) is 7.01. The Morgan fingerprint density at radius 1 is 1.22 bits per heavy atom. The van der Waals surface area contributed by atoms with Gasteiger partial charge in [-0.2, -0.15) is 0 Å². The van der Waals surface area contributed by atoms with Gasteiger partial charge in [-0.25, -0.2) is 4.39 Å². The number of aromatic nitrogens is 1. The van der Waals surface area contributed by atoms with Crippen molar-refractivity contribution in [3.05, 3.63) is 41.9 Å². The Morgan fingerprint density at radius 3 is 2.78 bits per heavy atom. The molecule has 0 aliphatic heterocycles. The molecular weight excluding hydrogens is 225 g/mol. The van der Waals surface area contributed by atoms with E-state index in [-0.39, 0.29) is 5.82 Å². The molecule has 0 unspecified atom stereocenters. The quantitative estimate of drug-likeness (QED) is 0.736. The summed E-state index contributed by atoms with van der Waals surface area (Å²) in [6.45, 7) is 4.36. The van der Waals surface area contributed by atoms with Gasteiger partial charge in [-0.05, 0) is 42.7 Å². The number of nitrogens with one attached hydrogen (secondary N) is 1. The number of unbranched alkanes of at least 4 members (excludes halogenated alkanes) is 1. The highest BCUT2D eigenvalue weighted by molar-refractivity contribution is 5.84. The van der Waals surface area contributed by atoms with Crippen molar-refractivity contribution in [2.24, 2.45) is 0 Å². The molecule has 18 heavy (non-hydrogen) atoms. The minimum atomic E-state index is -0.189. The number of rotatable bonds is 5. The lowest BCUT2D eigenvalue weighted by molar-refractivity contribution is 0.629. The van der Waals surface area contributed by atoms with Gasteiger partial charge >= 0.3 is 0 Å². The van der Waals surface area contributed by atoms with Crippen LogP contribution in [-0.2, 0) is 0 Å². The summed E-state index contributed by atoms with van der Waals surface area (Å²) >= 11 is 0. The van der Waals surface area contributed by atoms with Crippen LogP contribution in [0, 0.1) is 5.82 Å². The Morgan fingerprint density at radius 2 is 2.06 bits per heavy atom. The van der Waals surface area contributed by atoms with E-state index in [1.54, 1.807) is 6.07 Å². The smallest absolute Gasteiger partial charge is 0.125 e. The van der Waals surface area contributed by atoms with Crippen LogP contribution in [-0.4, -0.2) is 4.98 Å². The van der Waals surface area contributed by atoms with Gasteiger partial charge < -0.3 is 4.98 Å². The minimum absolute atomic E-state index is 0.189. The third kappa shape index (κ3) is 2.81. The van der Waals surface area contributed by atoms with Crippen LogP contribution in [0.4, 0.5) is 4.39 Å². The molecule has 0 amide bonds. The average molecular weight is 245 g/mol. The Labute approximate surface area is 108 Å². The number of H-pyrrole nitrogens is 1. The summed E-state index contributed by atoms with van der Waals surface area (Å²) in [5, 5.41) is 1.07. The molecule has 96 valence electrons. The first-order chi connectivity index (χ1) is 8.74. The number of aromatic amines is 1. The summed E-state index contributed by atoms with van der Waals surface area (Å²) < 4.78 is 13.2. The number of hydrogen-bond donors (Lipinski definition) is 1. The van der Waals surface area contributed by atoms with E-state index in [1.165, 1.54) is 11.6 Å². The number of fused-ring (bicyclic) bond motifs is 1. The molecule has 0 atom stereocenters. The van der Waals surface area contributed by atoms with Crippen LogP contribution in [0.3, 0.4) is 0 Å². The Balaban J connectivity index is 2.38. The van der Waals surface area contributed by atoms with Gasteiger partial charge in [0, 0.05) is 16.6 Å². The van der Waals surface area contributed by atoms with E-state index in [4.69, 9.17) is 0 Å². The molecule has 0 fully saturated rings. The van der Waals surface area contributed by atoms with Crippen molar-refractivity contribution in [3.63, 3.8) is 0 Å². The van der Waals surface area contributed by atoms with Gasteiger partial charge in [0.2, 0.25) is 0 Å². The molecule has 1 heterocycles. The Hall–Kier alpha value is -1.57. The maximum Gasteiger partial charge on any atom is 0.125 e. The van der Waals surface area contributed by atoms with Crippen LogP contribution in [0.2, 0.25) is 0 Å². The molecule has 1 aromatic carbocycles. The van der Waals surface area contributed by atoms with Crippen molar-refractivity contribution in [1.29, 1.82) is 0 Å². The molecular formula is C16H20FN. The second kappa shape index (κ2) is 5.85. The van der Waals surface area contributed by atoms with E-state index >= 15 is 0 Å². The molecule has 1 aromatic heterocycles. The molecule has 0 radical (unpaired) electrons. The standard InChI is InChI=1S/C16H20FN/c1-3-5-7-12(6-4-2)15-10-13-8-9-14(17)11-16(13)18-15/h7-11,18H,3-6H2,1-2H3/b12-7+. The molecule has 1 nitrogen and oxygen atoms in total. The van der Waals surface area contributed by atoms with E-state index in [9.17, 15) is 4.39 Å². The first-order valence-electron chi connectivity index (χ1n) is 6.72. The lowest BCUT2D eigenvalue weighted by atomic mass is 10.1. The van der Waals surface area contributed by atoms with Crippen LogP contribution in [0.5, 0.6) is 0 Å². The fourth-order valence-electron chi connectivity index (χ4n) is 2.21. The fourth-order valence-corrected chi connectivity index (χ4v) is 2.21. The molecule has 0 saturated heterocycles. The summed E-state index contributed by atoms with van der Waals surface area (Å²) in [4.78, 5) is 3.32. The lowest BCUT2D eigenvalue weighted by Gasteiger charge is -2.03. The van der Waals surface area contributed by atoms with Gasteiger partial charge in [0.25, 0.3) is 0 Å². The van der Waals surface area contributed by atoms with Crippen LogP contribution in [0.25, 0.3) is 16.5 Å². The molecule has 0 aliphatic carbocycles. The molecule has 1 N–H and O–H groups in total. The zero-order valence-corrected chi connectivity index (χ0v) is 11.1. The van der Waals surface area contributed by atoms with E-state index in [1.807, 2.05) is 6.07 Å². The zero-order valence-electron chi connectivity index (χ0n) is 11.1. The molecule has 2 heteroatoms. The van der Waals surface area contributed by atoms with Gasteiger partial charge in [0.05, 0.1) is 0 Å². The number of allylic oxidation sites excluding steroid dienone is 2. The summed E-state index contributed by atoms with van der Waals surface area (Å²) in [7, 11) is 0. The lowest BCUT2D eigenvalue weighted by Crippen LogP contribution is -1.85. The van der Waals surface area contributed by atoms with Crippen LogP contribution >= 0.6 is 0 Å². The largest absolute Gasteiger partial charge is 0.355 e. The predicted molar refractivity (Wildman–Crippen MR) is 76.0 cm³/mol. The van der Waals surface area contributed by atoms with Gasteiger partial charge in [-0.3, -0.25) is 0 Å². The first-order valence-corrected chi connectivity index (χ1v) is 6.72. The Kier molecular flexibility index (Phi) is 4.19. The van der Waals surface area contributed by atoms with Crippen molar-refractivity contribution in [2.45, 2.75) is 39.5 Å². The van der Waals surface area contributed by atoms with E-state index in [0.717, 1.165) is 42.3 Å². The van der Waals surface area contributed by atoms with Crippen molar-refractivity contribution in [2.75, 3.05) is 0 Å². The highest BCUT2D eigenvalue weighted by Crippen LogP contribution is 2.25. The van der Waals surface area contributed by atoms with Gasteiger partial charge in [-0.15, -0.1) is 0 Å². The van der Waals surface area contributed by atoms with Crippen molar-refractivity contribution < 1.29 is 4.39 Å². The Bertz CT molecular complexity index is 551. The second-order valence-electron chi connectivity index (χ2n) is 4.68. The summed E-state index contributed by atoms with van der Waals surface area (Å²) in [5.74, 6) is -0.189. The molecule has 0 spiro atoms. The van der Waals surface area contributed by atoms with Gasteiger partial charge in [0.1, 0.15) is 5.82 Å². The van der Waals surface area contributed by atoms with Crippen molar-refractivity contribution in [1.82, 2.24) is 4.98 Å². The monoisotopic (exact) mass is 245 g/mol. The van der Waals surface area contributed by atoms with Crippen LogP contribution in [0.15, 0.2) is 30.3 Å². The average Bonchev–Trinajstić information content (AvgIpc) is 2.77. The molecule has 2 rings (SSSR count). The number of hydrogen-bond acceptors (Lipinski definition) is 0. The molecule has 0 bridgehead atoms. The van der Waals surface area contributed by atoms with Crippen LogP contribution < -0.4 is 0 Å². The SMILES string of the molecule is CCC/C=C(\CCC)c1cc2ccc(F)cc2[nH]1. The topological polar surface area (TPSA) is 15.8 Å². The maximum atomic E-state index is 13.2. The maximum absolute atomic E-state index is 13.2. The third-order valence-electron chi connectivity index (χ3n) is 3.13. The summed E-state index contributed by atoms with van der Waals surface area (Å²) in [5.41, 5.74) is 3.35.